The lowest BCUT2D eigenvalue weighted by atomic mass is 10.0. The average Bonchev–Trinajstić information content (AvgIpc) is 3.00. The van der Waals surface area contributed by atoms with Crippen LogP contribution in [0.15, 0.2) is 0 Å². The standard InChI is InChI=1S/C77H150O17P2/c1-7-9-11-13-14-15-16-17-18-19-20-23-26-32-37-42-48-54-60-75(80)88-66-73(94-77(82)62-55-49-43-38-33-27-24-21-22-25-30-35-40-46-51-57-69(3)4)68-92-96(85,86)90-64-71(78)63-89-95(83,84)91-67-72(65-87-74(79)59-53-45-12-10-8-2)93-76(81)61-56-50-44-39-34-29-28-31-36-41-47-52-58-70(5)6/h69-73,78H,7-68H2,1-6H3,(H,83,84)(H,85,86)/t71-,72+,73+/m0/s1. The highest BCUT2D eigenvalue weighted by molar-refractivity contribution is 7.47. The number of carbonyl (C=O) groups is 4. The van der Waals surface area contributed by atoms with Crippen LogP contribution in [0.2, 0.25) is 0 Å². The number of aliphatic hydroxyl groups is 1. The molecular formula is C77H150O17P2. The summed E-state index contributed by atoms with van der Waals surface area (Å²) in [6.45, 7) is 9.55. The molecule has 0 aromatic heterocycles. The van der Waals surface area contributed by atoms with Crippen LogP contribution in [0.25, 0.3) is 0 Å². The summed E-state index contributed by atoms with van der Waals surface area (Å²) in [4.78, 5) is 72.6. The zero-order valence-electron chi connectivity index (χ0n) is 62.7. The van der Waals surface area contributed by atoms with Gasteiger partial charge in [-0.2, -0.15) is 0 Å². The first-order chi connectivity index (χ1) is 46.4. The molecule has 0 heterocycles. The molecule has 0 rings (SSSR count). The van der Waals surface area contributed by atoms with Gasteiger partial charge in [0.15, 0.2) is 12.2 Å². The maximum Gasteiger partial charge on any atom is 0.472 e. The Morgan fingerprint density at radius 3 is 0.708 bits per heavy atom. The highest BCUT2D eigenvalue weighted by Gasteiger charge is 2.30. The number of phosphoric acid groups is 2. The highest BCUT2D eigenvalue weighted by atomic mass is 31.2. The Morgan fingerprint density at radius 1 is 0.281 bits per heavy atom. The van der Waals surface area contributed by atoms with Crippen molar-refractivity contribution in [1.29, 1.82) is 0 Å². The molecule has 0 radical (unpaired) electrons. The third-order valence-corrected chi connectivity index (χ3v) is 19.9. The van der Waals surface area contributed by atoms with Gasteiger partial charge >= 0.3 is 39.5 Å². The topological polar surface area (TPSA) is 237 Å². The molecule has 0 amide bonds. The highest BCUT2D eigenvalue weighted by Crippen LogP contribution is 2.45. The van der Waals surface area contributed by atoms with E-state index < -0.39 is 97.5 Å². The van der Waals surface area contributed by atoms with Crippen LogP contribution in [0.4, 0.5) is 0 Å². The van der Waals surface area contributed by atoms with Gasteiger partial charge in [-0.1, -0.05) is 350 Å². The first kappa shape index (κ1) is 94.1. The number of aliphatic hydroxyl groups excluding tert-OH is 1. The SMILES string of the molecule is CCCCCCCCCCCCCCCCCCCCC(=O)OC[C@H](COP(=O)(O)OC[C@@H](O)COP(=O)(O)OC[C@@H](COC(=O)CCCCCCC)OC(=O)CCCCCCCCCCCCCCC(C)C)OC(=O)CCCCCCCCCCCCCCCCCC(C)C. The van der Waals surface area contributed by atoms with E-state index in [2.05, 4.69) is 41.5 Å². The van der Waals surface area contributed by atoms with E-state index in [0.29, 0.717) is 25.7 Å². The molecular weight excluding hydrogens is 1260 g/mol. The smallest absolute Gasteiger partial charge is 0.462 e. The van der Waals surface area contributed by atoms with Crippen molar-refractivity contribution in [3.8, 4) is 0 Å². The number of phosphoric ester groups is 2. The number of carbonyl (C=O) groups excluding carboxylic acids is 4. The summed E-state index contributed by atoms with van der Waals surface area (Å²) < 4.78 is 68.4. The minimum Gasteiger partial charge on any atom is -0.462 e. The molecule has 0 spiro atoms. The minimum absolute atomic E-state index is 0.106. The maximum absolute atomic E-state index is 13.1. The number of esters is 4. The van der Waals surface area contributed by atoms with Crippen molar-refractivity contribution in [1.82, 2.24) is 0 Å². The summed E-state index contributed by atoms with van der Waals surface area (Å²) in [5.74, 6) is -0.545. The van der Waals surface area contributed by atoms with Crippen molar-refractivity contribution in [2.45, 2.75) is 419 Å². The molecule has 19 heteroatoms. The molecule has 2 unspecified atom stereocenters. The van der Waals surface area contributed by atoms with Gasteiger partial charge in [0, 0.05) is 25.7 Å². The molecule has 0 aliphatic carbocycles. The zero-order valence-corrected chi connectivity index (χ0v) is 64.5. The first-order valence-electron chi connectivity index (χ1n) is 40.0. The zero-order chi connectivity index (χ0) is 70.7. The van der Waals surface area contributed by atoms with Crippen LogP contribution in [0.3, 0.4) is 0 Å². The largest absolute Gasteiger partial charge is 0.472 e. The monoisotopic (exact) mass is 1410 g/mol. The van der Waals surface area contributed by atoms with Gasteiger partial charge in [-0.05, 0) is 37.5 Å². The lowest BCUT2D eigenvalue weighted by molar-refractivity contribution is -0.161. The van der Waals surface area contributed by atoms with Crippen molar-refractivity contribution in [2.24, 2.45) is 11.8 Å². The van der Waals surface area contributed by atoms with E-state index in [9.17, 15) is 43.2 Å². The van der Waals surface area contributed by atoms with Crippen molar-refractivity contribution in [3.63, 3.8) is 0 Å². The summed E-state index contributed by atoms with van der Waals surface area (Å²) in [6, 6.07) is 0. The second-order valence-electron chi connectivity index (χ2n) is 28.7. The van der Waals surface area contributed by atoms with Gasteiger partial charge in [-0.25, -0.2) is 9.13 Å². The molecule has 570 valence electrons. The van der Waals surface area contributed by atoms with Gasteiger partial charge in [0.2, 0.25) is 0 Å². The van der Waals surface area contributed by atoms with Crippen LogP contribution < -0.4 is 0 Å². The number of hydrogen-bond donors (Lipinski definition) is 3. The van der Waals surface area contributed by atoms with E-state index in [4.69, 9.17) is 37.0 Å². The fourth-order valence-electron chi connectivity index (χ4n) is 11.8. The molecule has 96 heavy (non-hydrogen) atoms. The quantitative estimate of drug-likeness (QED) is 0.0222. The Bertz CT molecular complexity index is 1860. The Kier molecular flexibility index (Phi) is 67.4. The van der Waals surface area contributed by atoms with Crippen LogP contribution in [0.5, 0.6) is 0 Å². The molecule has 0 saturated heterocycles. The molecule has 0 bridgehead atoms. The number of rotatable bonds is 76. The molecule has 0 fully saturated rings. The second-order valence-corrected chi connectivity index (χ2v) is 31.6. The molecule has 0 aliphatic rings. The van der Waals surface area contributed by atoms with E-state index in [1.165, 1.54) is 212 Å². The van der Waals surface area contributed by atoms with Crippen LogP contribution in [0, 0.1) is 11.8 Å². The van der Waals surface area contributed by atoms with Gasteiger partial charge in [-0.3, -0.25) is 37.3 Å². The van der Waals surface area contributed by atoms with Crippen molar-refractivity contribution < 1.29 is 80.2 Å². The summed E-state index contributed by atoms with van der Waals surface area (Å²) >= 11 is 0. The maximum atomic E-state index is 13.1. The van der Waals surface area contributed by atoms with E-state index >= 15 is 0 Å². The van der Waals surface area contributed by atoms with Gasteiger partial charge in [0.1, 0.15) is 19.3 Å². The summed E-state index contributed by atoms with van der Waals surface area (Å²) in [7, 11) is -9.90. The fraction of sp³-hybridized carbons (Fsp3) is 0.948. The molecule has 0 aromatic rings. The predicted octanol–water partition coefficient (Wildman–Crippen LogP) is 22.7. The Labute approximate surface area is 588 Å². The number of ether oxygens (including phenoxy) is 4. The van der Waals surface area contributed by atoms with Gasteiger partial charge in [0.25, 0.3) is 0 Å². The summed E-state index contributed by atoms with van der Waals surface area (Å²) in [6.07, 6.45) is 57.3. The number of unbranched alkanes of at least 4 members (excludes halogenated alkanes) is 46. The lowest BCUT2D eigenvalue weighted by Gasteiger charge is -2.21. The first-order valence-corrected chi connectivity index (χ1v) is 43.0. The van der Waals surface area contributed by atoms with E-state index in [-0.39, 0.29) is 25.7 Å². The normalized spacial score (nSPS) is 14.0. The minimum atomic E-state index is -4.96. The van der Waals surface area contributed by atoms with E-state index in [0.717, 1.165) is 108 Å². The van der Waals surface area contributed by atoms with Crippen LogP contribution in [-0.4, -0.2) is 96.7 Å². The third kappa shape index (κ3) is 70.5. The van der Waals surface area contributed by atoms with E-state index in [1.54, 1.807) is 0 Å². The van der Waals surface area contributed by atoms with Crippen LogP contribution >= 0.6 is 15.6 Å². The summed E-state index contributed by atoms with van der Waals surface area (Å²) in [5.41, 5.74) is 0. The third-order valence-electron chi connectivity index (χ3n) is 18.0. The predicted molar refractivity (Wildman–Crippen MR) is 391 cm³/mol. The molecule has 0 aromatic carbocycles. The number of hydrogen-bond acceptors (Lipinski definition) is 15. The van der Waals surface area contributed by atoms with Crippen molar-refractivity contribution >= 4 is 39.5 Å². The molecule has 0 aliphatic heterocycles. The Hall–Kier alpha value is -1.94. The molecule has 3 N–H and O–H groups in total. The lowest BCUT2D eigenvalue weighted by Crippen LogP contribution is -2.30. The van der Waals surface area contributed by atoms with Crippen LogP contribution in [-0.2, 0) is 65.4 Å². The molecule has 17 nitrogen and oxygen atoms in total. The summed E-state index contributed by atoms with van der Waals surface area (Å²) in [5, 5.41) is 10.6. The van der Waals surface area contributed by atoms with Crippen LogP contribution in [0.1, 0.15) is 401 Å². The second kappa shape index (κ2) is 68.8. The Balaban J connectivity index is 5.14. The van der Waals surface area contributed by atoms with Gasteiger partial charge in [0.05, 0.1) is 26.4 Å². The van der Waals surface area contributed by atoms with Crippen molar-refractivity contribution in [3.05, 3.63) is 0 Å². The fourth-order valence-corrected chi connectivity index (χ4v) is 13.4. The average molecular weight is 1410 g/mol. The molecule has 5 atom stereocenters. The van der Waals surface area contributed by atoms with Gasteiger partial charge in [-0.15, -0.1) is 0 Å². The Morgan fingerprint density at radius 2 is 0.479 bits per heavy atom. The van der Waals surface area contributed by atoms with Gasteiger partial charge < -0.3 is 33.8 Å². The van der Waals surface area contributed by atoms with E-state index in [1.807, 2.05) is 0 Å². The van der Waals surface area contributed by atoms with Crippen molar-refractivity contribution in [2.75, 3.05) is 39.6 Å². The molecule has 0 saturated carbocycles.